The van der Waals surface area contributed by atoms with Crippen LogP contribution in [0.25, 0.3) is 11.1 Å². The zero-order chi connectivity index (χ0) is 10.7. The van der Waals surface area contributed by atoms with Gasteiger partial charge in [-0.25, -0.2) is 0 Å². The van der Waals surface area contributed by atoms with Crippen LogP contribution in [0.5, 0.6) is 5.75 Å². The van der Waals surface area contributed by atoms with E-state index in [4.69, 9.17) is 15.0 Å². The van der Waals surface area contributed by atoms with Crippen molar-refractivity contribution in [3.8, 4) is 16.9 Å². The highest BCUT2D eigenvalue weighted by Gasteiger charge is 2.12. The van der Waals surface area contributed by atoms with Crippen LogP contribution in [0.3, 0.4) is 0 Å². The highest BCUT2D eigenvalue weighted by atomic mass is 16.5. The maximum absolute atomic E-state index is 5.56. The molecule has 2 N–H and O–H groups in total. The molecule has 1 heterocycles. The summed E-state index contributed by atoms with van der Waals surface area (Å²) in [5, 5.41) is 3.83. The van der Waals surface area contributed by atoms with Crippen LogP contribution >= 0.6 is 0 Å². The lowest BCUT2D eigenvalue weighted by Gasteiger charge is -2.06. The van der Waals surface area contributed by atoms with Gasteiger partial charge >= 0.3 is 0 Å². The average molecular weight is 204 g/mol. The number of benzene rings is 1. The third kappa shape index (κ3) is 1.71. The van der Waals surface area contributed by atoms with Crippen molar-refractivity contribution in [2.24, 2.45) is 5.73 Å². The number of nitrogens with two attached hydrogens (primary N) is 1. The molecule has 2 aromatic rings. The summed E-state index contributed by atoms with van der Waals surface area (Å²) in [5.41, 5.74) is 8.13. The summed E-state index contributed by atoms with van der Waals surface area (Å²) in [4.78, 5) is 0. The lowest BCUT2D eigenvalue weighted by atomic mass is 10.1. The number of nitrogens with zero attached hydrogens (tertiary/aromatic N) is 1. The van der Waals surface area contributed by atoms with E-state index in [0.717, 1.165) is 22.6 Å². The molecule has 0 amide bonds. The average Bonchev–Trinajstić information content (AvgIpc) is 2.76. The van der Waals surface area contributed by atoms with Gasteiger partial charge in [0, 0.05) is 17.7 Å². The molecule has 0 aliphatic heterocycles. The Morgan fingerprint density at radius 3 is 2.87 bits per heavy atom. The van der Waals surface area contributed by atoms with Crippen molar-refractivity contribution in [1.29, 1.82) is 0 Å². The molecular weight excluding hydrogens is 192 g/mol. The fourth-order valence-corrected chi connectivity index (χ4v) is 1.49. The van der Waals surface area contributed by atoms with Gasteiger partial charge in [-0.05, 0) is 6.07 Å². The van der Waals surface area contributed by atoms with E-state index in [2.05, 4.69) is 5.16 Å². The van der Waals surface area contributed by atoms with Gasteiger partial charge in [0.15, 0.2) is 0 Å². The Kier molecular flexibility index (Phi) is 2.69. The van der Waals surface area contributed by atoms with E-state index >= 15 is 0 Å². The van der Waals surface area contributed by atoms with E-state index in [0.29, 0.717) is 6.54 Å². The van der Waals surface area contributed by atoms with Crippen molar-refractivity contribution in [3.63, 3.8) is 0 Å². The topological polar surface area (TPSA) is 61.3 Å². The van der Waals surface area contributed by atoms with Crippen molar-refractivity contribution in [1.82, 2.24) is 5.16 Å². The second-order valence-corrected chi connectivity index (χ2v) is 3.08. The number of hydrogen-bond donors (Lipinski definition) is 1. The summed E-state index contributed by atoms with van der Waals surface area (Å²) in [6.07, 6.45) is 1.58. The van der Waals surface area contributed by atoms with Gasteiger partial charge in [0.2, 0.25) is 0 Å². The Morgan fingerprint density at radius 1 is 1.33 bits per heavy atom. The van der Waals surface area contributed by atoms with Crippen LogP contribution in [0.2, 0.25) is 0 Å². The van der Waals surface area contributed by atoms with E-state index < -0.39 is 0 Å². The molecule has 15 heavy (non-hydrogen) atoms. The maximum Gasteiger partial charge on any atom is 0.132 e. The molecule has 0 atom stereocenters. The molecule has 1 aromatic carbocycles. The molecule has 1 aromatic heterocycles. The van der Waals surface area contributed by atoms with Crippen LogP contribution in [0.15, 0.2) is 35.1 Å². The summed E-state index contributed by atoms with van der Waals surface area (Å²) in [6, 6.07) is 7.69. The predicted octanol–water partition coefficient (Wildman–Crippen LogP) is 1.81. The molecule has 78 valence electrons. The number of methoxy groups -OCH3 is 1. The fourth-order valence-electron chi connectivity index (χ4n) is 1.49. The number of ether oxygens (including phenoxy) is 1. The first-order chi connectivity index (χ1) is 7.36. The minimum Gasteiger partial charge on any atom is -0.496 e. The number of hydrogen-bond acceptors (Lipinski definition) is 4. The standard InChI is InChI=1S/C11H12N2O2/c1-14-11-5-3-2-4-8(11)9-7-15-13-10(9)6-12/h2-5,7H,6,12H2,1H3. The Labute approximate surface area is 87.6 Å². The second-order valence-electron chi connectivity index (χ2n) is 3.08. The second kappa shape index (κ2) is 4.14. The zero-order valence-corrected chi connectivity index (χ0v) is 8.43. The Balaban J connectivity index is 2.53. The van der Waals surface area contributed by atoms with E-state index in [1.54, 1.807) is 13.4 Å². The van der Waals surface area contributed by atoms with Crippen molar-refractivity contribution in [2.45, 2.75) is 6.54 Å². The van der Waals surface area contributed by atoms with Crippen molar-refractivity contribution in [3.05, 3.63) is 36.2 Å². The number of rotatable bonds is 3. The van der Waals surface area contributed by atoms with Crippen molar-refractivity contribution >= 4 is 0 Å². The molecule has 0 spiro atoms. The number of aromatic nitrogens is 1. The normalized spacial score (nSPS) is 10.3. The summed E-state index contributed by atoms with van der Waals surface area (Å²) < 4.78 is 10.2. The minimum absolute atomic E-state index is 0.351. The molecule has 0 radical (unpaired) electrons. The molecule has 0 fully saturated rings. The monoisotopic (exact) mass is 204 g/mol. The molecule has 0 bridgehead atoms. The van der Waals surface area contributed by atoms with E-state index in [1.165, 1.54) is 0 Å². The molecule has 4 nitrogen and oxygen atoms in total. The van der Waals surface area contributed by atoms with Crippen LogP contribution < -0.4 is 10.5 Å². The van der Waals surface area contributed by atoms with Gasteiger partial charge in [-0.1, -0.05) is 23.4 Å². The van der Waals surface area contributed by atoms with Crippen LogP contribution in [0.1, 0.15) is 5.69 Å². The zero-order valence-electron chi connectivity index (χ0n) is 8.43. The van der Waals surface area contributed by atoms with Crippen LogP contribution in [-0.2, 0) is 6.54 Å². The van der Waals surface area contributed by atoms with Gasteiger partial charge in [0.1, 0.15) is 17.7 Å². The molecule has 0 saturated carbocycles. The van der Waals surface area contributed by atoms with Gasteiger partial charge in [-0.3, -0.25) is 0 Å². The lowest BCUT2D eigenvalue weighted by molar-refractivity contribution is 0.411. The van der Waals surface area contributed by atoms with Gasteiger partial charge in [-0.15, -0.1) is 0 Å². The highest BCUT2D eigenvalue weighted by Crippen LogP contribution is 2.31. The third-order valence-corrected chi connectivity index (χ3v) is 2.23. The lowest BCUT2D eigenvalue weighted by Crippen LogP contribution is -1.98. The molecule has 4 heteroatoms. The SMILES string of the molecule is COc1ccccc1-c1conc1CN. The fraction of sp³-hybridized carbons (Fsp3) is 0.182. The maximum atomic E-state index is 5.56. The highest BCUT2D eigenvalue weighted by molar-refractivity contribution is 5.71. The van der Waals surface area contributed by atoms with Gasteiger partial charge in [0.25, 0.3) is 0 Å². The summed E-state index contributed by atoms with van der Waals surface area (Å²) >= 11 is 0. The molecule has 2 rings (SSSR count). The first kappa shape index (κ1) is 9.73. The van der Waals surface area contributed by atoms with Crippen molar-refractivity contribution < 1.29 is 9.26 Å². The largest absolute Gasteiger partial charge is 0.496 e. The summed E-state index contributed by atoms with van der Waals surface area (Å²) in [6.45, 7) is 0.351. The Hall–Kier alpha value is -1.81. The van der Waals surface area contributed by atoms with E-state index in [1.807, 2.05) is 24.3 Å². The molecule has 0 aliphatic carbocycles. The summed E-state index contributed by atoms with van der Waals surface area (Å²) in [5.74, 6) is 0.787. The predicted molar refractivity (Wildman–Crippen MR) is 56.4 cm³/mol. The first-order valence-corrected chi connectivity index (χ1v) is 4.63. The van der Waals surface area contributed by atoms with Crippen LogP contribution in [0, 0.1) is 0 Å². The summed E-state index contributed by atoms with van der Waals surface area (Å²) in [7, 11) is 1.63. The van der Waals surface area contributed by atoms with Crippen LogP contribution in [-0.4, -0.2) is 12.3 Å². The molecule has 0 unspecified atom stereocenters. The number of para-hydroxylation sites is 1. The van der Waals surface area contributed by atoms with E-state index in [9.17, 15) is 0 Å². The van der Waals surface area contributed by atoms with Gasteiger partial charge < -0.3 is 15.0 Å². The quantitative estimate of drug-likeness (QED) is 0.828. The minimum atomic E-state index is 0.351. The Bertz CT molecular complexity index is 451. The first-order valence-electron chi connectivity index (χ1n) is 4.63. The van der Waals surface area contributed by atoms with Gasteiger partial charge in [-0.2, -0.15) is 0 Å². The smallest absolute Gasteiger partial charge is 0.132 e. The molecule has 0 saturated heterocycles. The van der Waals surface area contributed by atoms with Crippen LogP contribution in [0.4, 0.5) is 0 Å². The van der Waals surface area contributed by atoms with Crippen molar-refractivity contribution in [2.75, 3.05) is 7.11 Å². The molecule has 0 aliphatic rings. The third-order valence-electron chi connectivity index (χ3n) is 2.23. The van der Waals surface area contributed by atoms with Gasteiger partial charge in [0.05, 0.1) is 7.11 Å². The Morgan fingerprint density at radius 2 is 2.13 bits per heavy atom. The molecular formula is C11H12N2O2. The van der Waals surface area contributed by atoms with E-state index in [-0.39, 0.29) is 0 Å².